The van der Waals surface area contributed by atoms with Gasteiger partial charge in [-0.1, -0.05) is 41.4 Å². The fraction of sp³-hybridized carbons (Fsp3) is 0.0667. The lowest BCUT2D eigenvalue weighted by atomic mass is 10.2. The lowest BCUT2D eigenvalue weighted by Crippen LogP contribution is -2.35. The van der Waals surface area contributed by atoms with Gasteiger partial charge in [0.15, 0.2) is 0 Å². The van der Waals surface area contributed by atoms with Crippen LogP contribution in [-0.2, 0) is 16.1 Å². The normalized spacial score (nSPS) is 10.1. The van der Waals surface area contributed by atoms with Gasteiger partial charge in [-0.05, 0) is 29.8 Å². The molecule has 114 valence electrons. The zero-order valence-corrected chi connectivity index (χ0v) is 12.9. The van der Waals surface area contributed by atoms with Gasteiger partial charge in [-0.3, -0.25) is 9.59 Å². The molecule has 0 aromatic heterocycles. The number of carbonyl (C=O) groups is 2. The Labute approximate surface area is 137 Å². The zero-order chi connectivity index (χ0) is 16.1. The first kappa shape index (κ1) is 16.1. The molecule has 7 heteroatoms. The summed E-state index contributed by atoms with van der Waals surface area (Å²) >= 11 is 11.9. The van der Waals surface area contributed by atoms with E-state index >= 15 is 0 Å². The summed E-state index contributed by atoms with van der Waals surface area (Å²) in [5.41, 5.74) is 7.05. The van der Waals surface area contributed by atoms with E-state index in [1.807, 2.05) is 0 Å². The van der Waals surface area contributed by atoms with Crippen molar-refractivity contribution in [1.82, 2.24) is 5.32 Å². The third-order valence-electron chi connectivity index (χ3n) is 2.84. The molecule has 0 bridgehead atoms. The number of amides is 2. The van der Waals surface area contributed by atoms with Crippen molar-refractivity contribution in [3.05, 3.63) is 58.1 Å². The number of benzene rings is 2. The van der Waals surface area contributed by atoms with Gasteiger partial charge in [0.25, 0.3) is 0 Å². The number of nitrogen functional groups attached to an aromatic ring is 1. The smallest absolute Gasteiger partial charge is 0.313 e. The Morgan fingerprint density at radius 1 is 1.00 bits per heavy atom. The zero-order valence-electron chi connectivity index (χ0n) is 11.4. The van der Waals surface area contributed by atoms with Crippen molar-refractivity contribution in [3.8, 4) is 0 Å². The standard InChI is InChI=1S/C15H13Cl2N3O2/c16-11-4-2-1-3-9(11)8-19-14(21)15(22)20-13-6-5-10(18)7-12(13)17/h1-7H,8,18H2,(H,19,21)(H,20,22). The summed E-state index contributed by atoms with van der Waals surface area (Å²) < 4.78 is 0. The summed E-state index contributed by atoms with van der Waals surface area (Å²) in [7, 11) is 0. The van der Waals surface area contributed by atoms with Gasteiger partial charge in [-0.25, -0.2) is 0 Å². The molecule has 0 aliphatic rings. The number of nitrogens with two attached hydrogens (primary N) is 1. The molecule has 2 amide bonds. The monoisotopic (exact) mass is 337 g/mol. The number of hydrogen-bond acceptors (Lipinski definition) is 3. The van der Waals surface area contributed by atoms with Crippen LogP contribution in [0.5, 0.6) is 0 Å². The molecule has 0 saturated carbocycles. The van der Waals surface area contributed by atoms with Crippen LogP contribution in [0.15, 0.2) is 42.5 Å². The number of anilines is 2. The van der Waals surface area contributed by atoms with Crippen molar-refractivity contribution < 1.29 is 9.59 Å². The van der Waals surface area contributed by atoms with E-state index in [2.05, 4.69) is 10.6 Å². The number of nitrogens with one attached hydrogen (secondary N) is 2. The molecular formula is C15H13Cl2N3O2. The van der Waals surface area contributed by atoms with Gasteiger partial charge in [0, 0.05) is 17.3 Å². The highest BCUT2D eigenvalue weighted by Gasteiger charge is 2.15. The summed E-state index contributed by atoms with van der Waals surface area (Å²) in [6, 6.07) is 11.6. The molecule has 5 nitrogen and oxygen atoms in total. The van der Waals surface area contributed by atoms with Gasteiger partial charge < -0.3 is 16.4 Å². The second kappa shape index (κ2) is 7.15. The van der Waals surface area contributed by atoms with Crippen LogP contribution in [0.1, 0.15) is 5.56 Å². The lowest BCUT2D eigenvalue weighted by molar-refractivity contribution is -0.136. The average molecular weight is 338 g/mol. The van der Waals surface area contributed by atoms with Crippen molar-refractivity contribution in [2.75, 3.05) is 11.1 Å². The number of halogens is 2. The Bertz CT molecular complexity index is 720. The maximum absolute atomic E-state index is 11.8. The predicted molar refractivity (Wildman–Crippen MR) is 87.8 cm³/mol. The molecule has 2 aromatic rings. The van der Waals surface area contributed by atoms with Gasteiger partial charge in [0.2, 0.25) is 0 Å². The third kappa shape index (κ3) is 4.13. The van der Waals surface area contributed by atoms with E-state index in [9.17, 15) is 9.59 Å². The quantitative estimate of drug-likeness (QED) is 0.594. The topological polar surface area (TPSA) is 84.2 Å². The van der Waals surface area contributed by atoms with Crippen molar-refractivity contribution in [2.45, 2.75) is 6.54 Å². The SMILES string of the molecule is Nc1ccc(NC(=O)C(=O)NCc2ccccc2Cl)c(Cl)c1. The maximum Gasteiger partial charge on any atom is 0.313 e. The minimum absolute atomic E-state index is 0.154. The highest BCUT2D eigenvalue weighted by atomic mass is 35.5. The van der Waals surface area contributed by atoms with Crippen LogP contribution in [0.2, 0.25) is 10.0 Å². The van der Waals surface area contributed by atoms with Crippen LogP contribution >= 0.6 is 23.2 Å². The van der Waals surface area contributed by atoms with Gasteiger partial charge in [-0.2, -0.15) is 0 Å². The molecule has 4 N–H and O–H groups in total. The Balaban J connectivity index is 1.95. The molecular weight excluding hydrogens is 325 g/mol. The van der Waals surface area contributed by atoms with E-state index in [4.69, 9.17) is 28.9 Å². The molecule has 0 radical (unpaired) electrons. The van der Waals surface area contributed by atoms with Crippen molar-refractivity contribution >= 4 is 46.4 Å². The van der Waals surface area contributed by atoms with Crippen molar-refractivity contribution in [3.63, 3.8) is 0 Å². The molecule has 0 aliphatic carbocycles. The fourth-order valence-electron chi connectivity index (χ4n) is 1.71. The molecule has 0 aliphatic heterocycles. The Kier molecular flexibility index (Phi) is 5.25. The minimum Gasteiger partial charge on any atom is -0.399 e. The van der Waals surface area contributed by atoms with E-state index in [1.165, 1.54) is 12.1 Å². The van der Waals surface area contributed by atoms with Crippen LogP contribution < -0.4 is 16.4 Å². The Hall–Kier alpha value is -2.24. The number of hydrogen-bond donors (Lipinski definition) is 3. The maximum atomic E-state index is 11.8. The average Bonchev–Trinajstić information content (AvgIpc) is 2.49. The number of rotatable bonds is 3. The Morgan fingerprint density at radius 2 is 1.73 bits per heavy atom. The fourth-order valence-corrected chi connectivity index (χ4v) is 2.15. The van der Waals surface area contributed by atoms with Gasteiger partial charge in [0.05, 0.1) is 10.7 Å². The molecule has 0 spiro atoms. The first-order valence-electron chi connectivity index (χ1n) is 6.35. The third-order valence-corrected chi connectivity index (χ3v) is 3.53. The summed E-state index contributed by atoms with van der Waals surface area (Å²) in [5, 5.41) is 5.68. The summed E-state index contributed by atoms with van der Waals surface area (Å²) in [6.45, 7) is 0.154. The summed E-state index contributed by atoms with van der Waals surface area (Å²) in [4.78, 5) is 23.6. The largest absolute Gasteiger partial charge is 0.399 e. The summed E-state index contributed by atoms with van der Waals surface area (Å²) in [5.74, 6) is -1.61. The van der Waals surface area contributed by atoms with Crippen molar-refractivity contribution in [2.24, 2.45) is 0 Å². The van der Waals surface area contributed by atoms with Crippen LogP contribution in [0.3, 0.4) is 0 Å². The number of carbonyl (C=O) groups excluding carboxylic acids is 2. The molecule has 2 aromatic carbocycles. The van der Waals surface area contributed by atoms with Gasteiger partial charge >= 0.3 is 11.8 Å². The Morgan fingerprint density at radius 3 is 2.41 bits per heavy atom. The minimum atomic E-state index is -0.821. The van der Waals surface area contributed by atoms with Crippen LogP contribution in [0, 0.1) is 0 Å². The van der Waals surface area contributed by atoms with Gasteiger partial charge in [0.1, 0.15) is 0 Å². The molecule has 0 fully saturated rings. The van der Waals surface area contributed by atoms with Crippen LogP contribution in [0.4, 0.5) is 11.4 Å². The first-order chi connectivity index (χ1) is 10.5. The van der Waals surface area contributed by atoms with E-state index < -0.39 is 11.8 Å². The predicted octanol–water partition coefficient (Wildman–Crippen LogP) is 2.83. The molecule has 0 unspecified atom stereocenters. The highest BCUT2D eigenvalue weighted by molar-refractivity contribution is 6.41. The summed E-state index contributed by atoms with van der Waals surface area (Å²) in [6.07, 6.45) is 0. The van der Waals surface area contributed by atoms with E-state index in [-0.39, 0.29) is 11.6 Å². The van der Waals surface area contributed by atoms with Crippen LogP contribution in [0.25, 0.3) is 0 Å². The molecule has 0 heterocycles. The molecule has 0 saturated heterocycles. The second-order valence-corrected chi connectivity index (χ2v) is 5.28. The molecule has 0 atom stereocenters. The highest BCUT2D eigenvalue weighted by Crippen LogP contribution is 2.23. The van der Waals surface area contributed by atoms with Crippen LogP contribution in [-0.4, -0.2) is 11.8 Å². The van der Waals surface area contributed by atoms with Gasteiger partial charge in [-0.15, -0.1) is 0 Å². The molecule has 2 rings (SSSR count). The molecule has 22 heavy (non-hydrogen) atoms. The lowest BCUT2D eigenvalue weighted by Gasteiger charge is -2.09. The van der Waals surface area contributed by atoms with Crippen molar-refractivity contribution in [1.29, 1.82) is 0 Å². The van der Waals surface area contributed by atoms with E-state index in [0.29, 0.717) is 16.4 Å². The first-order valence-corrected chi connectivity index (χ1v) is 7.10. The second-order valence-electron chi connectivity index (χ2n) is 4.47. The van der Waals surface area contributed by atoms with E-state index in [0.717, 1.165) is 5.56 Å². The van der Waals surface area contributed by atoms with E-state index in [1.54, 1.807) is 30.3 Å².